The number of pyridine rings is 1. The Labute approximate surface area is 138 Å². The zero-order valence-electron chi connectivity index (χ0n) is 12.8. The van der Waals surface area contributed by atoms with E-state index in [1.165, 1.54) is 0 Å². The molecule has 2 aromatic heterocycles. The van der Waals surface area contributed by atoms with Crippen molar-refractivity contribution >= 4 is 11.8 Å². The number of hydrogen-bond acceptors (Lipinski definition) is 6. The lowest BCUT2D eigenvalue weighted by Gasteiger charge is -2.07. The lowest BCUT2D eigenvalue weighted by molar-refractivity contribution is 0.397. The Hall–Kier alpha value is -2.54. The van der Waals surface area contributed by atoms with Gasteiger partial charge in [0.05, 0.1) is 26.1 Å². The van der Waals surface area contributed by atoms with Crippen molar-refractivity contribution in [2.45, 2.75) is 10.9 Å². The van der Waals surface area contributed by atoms with Crippen LogP contribution in [0.15, 0.2) is 54.1 Å². The number of aromatic nitrogens is 4. The predicted molar refractivity (Wildman–Crippen MR) is 88.3 cm³/mol. The highest BCUT2D eigenvalue weighted by Crippen LogP contribution is 2.25. The van der Waals surface area contributed by atoms with Crippen LogP contribution in [0.3, 0.4) is 0 Å². The molecule has 0 saturated carbocycles. The standard InChI is InChI=1S/C16H16N4O2S/c1-21-14-5-3-4-12(8-14)10-23-16-19-18-11-20(16)13-6-7-15(22-2)17-9-13/h3-9,11H,10H2,1-2H3. The van der Waals surface area contributed by atoms with Gasteiger partial charge in [0.15, 0.2) is 5.16 Å². The first-order chi connectivity index (χ1) is 11.3. The van der Waals surface area contributed by atoms with E-state index in [4.69, 9.17) is 9.47 Å². The molecule has 2 heterocycles. The molecular formula is C16H16N4O2S. The fourth-order valence-corrected chi connectivity index (χ4v) is 2.92. The molecule has 0 aliphatic rings. The second kappa shape index (κ2) is 7.15. The van der Waals surface area contributed by atoms with Crippen molar-refractivity contribution < 1.29 is 9.47 Å². The molecule has 118 valence electrons. The summed E-state index contributed by atoms with van der Waals surface area (Å²) in [4.78, 5) is 4.21. The normalized spacial score (nSPS) is 10.5. The van der Waals surface area contributed by atoms with Gasteiger partial charge in [-0.3, -0.25) is 4.57 Å². The van der Waals surface area contributed by atoms with Gasteiger partial charge < -0.3 is 9.47 Å². The van der Waals surface area contributed by atoms with E-state index in [0.29, 0.717) is 5.88 Å². The number of methoxy groups -OCH3 is 2. The molecule has 0 radical (unpaired) electrons. The number of nitrogens with zero attached hydrogens (tertiary/aromatic N) is 4. The van der Waals surface area contributed by atoms with Crippen LogP contribution < -0.4 is 9.47 Å². The van der Waals surface area contributed by atoms with Crippen LogP contribution in [0.1, 0.15) is 5.56 Å². The molecule has 3 rings (SSSR count). The lowest BCUT2D eigenvalue weighted by Crippen LogP contribution is -1.97. The summed E-state index contributed by atoms with van der Waals surface area (Å²) in [7, 11) is 3.26. The van der Waals surface area contributed by atoms with Gasteiger partial charge in [-0.15, -0.1) is 10.2 Å². The molecule has 0 spiro atoms. The van der Waals surface area contributed by atoms with E-state index in [1.54, 1.807) is 38.5 Å². The van der Waals surface area contributed by atoms with Crippen molar-refractivity contribution in [1.29, 1.82) is 0 Å². The summed E-state index contributed by atoms with van der Waals surface area (Å²) in [5.41, 5.74) is 2.06. The van der Waals surface area contributed by atoms with Crippen molar-refractivity contribution in [2.24, 2.45) is 0 Å². The van der Waals surface area contributed by atoms with Crippen LogP contribution in [-0.2, 0) is 5.75 Å². The van der Waals surface area contributed by atoms with Crippen LogP contribution >= 0.6 is 11.8 Å². The van der Waals surface area contributed by atoms with Crippen LogP contribution in [-0.4, -0.2) is 34.0 Å². The second-order valence-electron chi connectivity index (χ2n) is 4.68. The molecule has 6 nitrogen and oxygen atoms in total. The summed E-state index contributed by atoms with van der Waals surface area (Å²) in [5, 5.41) is 8.98. The molecule has 0 saturated heterocycles. The highest BCUT2D eigenvalue weighted by Gasteiger charge is 2.08. The highest BCUT2D eigenvalue weighted by molar-refractivity contribution is 7.98. The molecule has 0 N–H and O–H groups in total. The molecule has 0 aliphatic carbocycles. The van der Waals surface area contributed by atoms with E-state index in [2.05, 4.69) is 21.2 Å². The third-order valence-electron chi connectivity index (χ3n) is 3.23. The molecule has 1 aromatic carbocycles. The van der Waals surface area contributed by atoms with Gasteiger partial charge in [-0.1, -0.05) is 23.9 Å². The molecule has 0 amide bonds. The van der Waals surface area contributed by atoms with Crippen LogP contribution in [0.4, 0.5) is 0 Å². The first kappa shape index (κ1) is 15.4. The molecule has 0 atom stereocenters. The maximum Gasteiger partial charge on any atom is 0.213 e. The second-order valence-corrected chi connectivity index (χ2v) is 5.62. The zero-order chi connectivity index (χ0) is 16.1. The number of hydrogen-bond donors (Lipinski definition) is 0. The summed E-state index contributed by atoms with van der Waals surface area (Å²) >= 11 is 1.61. The molecule has 0 aliphatic heterocycles. The van der Waals surface area contributed by atoms with E-state index < -0.39 is 0 Å². The SMILES string of the molecule is COc1cccc(CSc2nncn2-c2ccc(OC)nc2)c1. The summed E-state index contributed by atoms with van der Waals surface area (Å²) in [6.07, 6.45) is 3.41. The van der Waals surface area contributed by atoms with Crippen molar-refractivity contribution in [3.05, 3.63) is 54.5 Å². The van der Waals surface area contributed by atoms with E-state index in [1.807, 2.05) is 34.9 Å². The molecule has 0 unspecified atom stereocenters. The topological polar surface area (TPSA) is 62.1 Å². The van der Waals surface area contributed by atoms with E-state index >= 15 is 0 Å². The van der Waals surface area contributed by atoms with Gasteiger partial charge >= 0.3 is 0 Å². The van der Waals surface area contributed by atoms with Gasteiger partial charge in [0.25, 0.3) is 0 Å². The molecule has 0 bridgehead atoms. The molecule has 3 aromatic rings. The van der Waals surface area contributed by atoms with Gasteiger partial charge in [-0.05, 0) is 23.8 Å². The van der Waals surface area contributed by atoms with E-state index in [0.717, 1.165) is 27.9 Å². The van der Waals surface area contributed by atoms with Gasteiger partial charge in [0.2, 0.25) is 5.88 Å². The van der Waals surface area contributed by atoms with Crippen LogP contribution in [0.2, 0.25) is 0 Å². The largest absolute Gasteiger partial charge is 0.497 e. The van der Waals surface area contributed by atoms with Gasteiger partial charge in [0.1, 0.15) is 12.1 Å². The quantitative estimate of drug-likeness (QED) is 0.648. The first-order valence-electron chi connectivity index (χ1n) is 6.96. The fraction of sp³-hybridized carbons (Fsp3) is 0.188. The third-order valence-corrected chi connectivity index (χ3v) is 4.24. The van der Waals surface area contributed by atoms with Gasteiger partial charge in [-0.25, -0.2) is 4.98 Å². The minimum atomic E-state index is 0.576. The van der Waals surface area contributed by atoms with E-state index in [-0.39, 0.29) is 0 Å². The average molecular weight is 328 g/mol. The van der Waals surface area contributed by atoms with Gasteiger partial charge in [-0.2, -0.15) is 0 Å². The Balaban J connectivity index is 1.75. The highest BCUT2D eigenvalue weighted by atomic mass is 32.2. The zero-order valence-corrected chi connectivity index (χ0v) is 13.7. The Morgan fingerprint density at radius 2 is 2.04 bits per heavy atom. The molecule has 0 fully saturated rings. The minimum absolute atomic E-state index is 0.576. The summed E-state index contributed by atoms with van der Waals surface area (Å²) < 4.78 is 12.2. The maximum absolute atomic E-state index is 5.24. The third kappa shape index (κ3) is 3.62. The van der Waals surface area contributed by atoms with Crippen LogP contribution in [0.25, 0.3) is 5.69 Å². The lowest BCUT2D eigenvalue weighted by atomic mass is 10.2. The summed E-state index contributed by atoms with van der Waals surface area (Å²) in [5.74, 6) is 2.20. The fourth-order valence-electron chi connectivity index (χ4n) is 2.05. The van der Waals surface area contributed by atoms with Crippen LogP contribution in [0.5, 0.6) is 11.6 Å². The Morgan fingerprint density at radius 3 is 2.78 bits per heavy atom. The number of thioether (sulfide) groups is 1. The Kier molecular flexibility index (Phi) is 4.77. The van der Waals surface area contributed by atoms with Crippen molar-refractivity contribution in [1.82, 2.24) is 19.7 Å². The summed E-state index contributed by atoms with van der Waals surface area (Å²) in [6.45, 7) is 0. The molecular weight excluding hydrogens is 312 g/mol. The van der Waals surface area contributed by atoms with Gasteiger partial charge in [0, 0.05) is 11.8 Å². The Bertz CT molecular complexity index is 774. The first-order valence-corrected chi connectivity index (χ1v) is 7.95. The van der Waals surface area contributed by atoms with Crippen LogP contribution in [0, 0.1) is 0 Å². The van der Waals surface area contributed by atoms with E-state index in [9.17, 15) is 0 Å². The maximum atomic E-state index is 5.24. The number of benzene rings is 1. The predicted octanol–water partition coefficient (Wildman–Crippen LogP) is 2.97. The van der Waals surface area contributed by atoms with Crippen molar-refractivity contribution in [3.63, 3.8) is 0 Å². The smallest absolute Gasteiger partial charge is 0.213 e. The number of rotatable bonds is 6. The summed E-state index contributed by atoms with van der Waals surface area (Å²) in [6, 6.07) is 11.7. The Morgan fingerprint density at radius 1 is 1.13 bits per heavy atom. The van der Waals surface area contributed by atoms with Crippen molar-refractivity contribution in [2.75, 3.05) is 14.2 Å². The minimum Gasteiger partial charge on any atom is -0.497 e. The monoisotopic (exact) mass is 328 g/mol. The molecule has 7 heteroatoms. The van der Waals surface area contributed by atoms with Crippen molar-refractivity contribution in [3.8, 4) is 17.3 Å². The average Bonchev–Trinajstić information content (AvgIpc) is 3.09. The number of ether oxygens (including phenoxy) is 2. The molecule has 23 heavy (non-hydrogen) atoms.